The first-order valence-electron chi connectivity index (χ1n) is 11.4. The van der Waals surface area contributed by atoms with Gasteiger partial charge in [-0.25, -0.2) is 0 Å². The summed E-state index contributed by atoms with van der Waals surface area (Å²) in [5.74, 6) is 1.61. The Morgan fingerprint density at radius 1 is 0.862 bits per heavy atom. The number of carbonyl (C=O) groups excluding carboxylic acids is 1. The largest absolute Gasteiger partial charge is 0.460 e. The summed E-state index contributed by atoms with van der Waals surface area (Å²) in [6.45, 7) is 23.8. The quantitative estimate of drug-likeness (QED) is 0.415. The van der Waals surface area contributed by atoms with Crippen LogP contribution in [0.1, 0.15) is 106 Å². The second-order valence-corrected chi connectivity index (χ2v) is 11.6. The van der Waals surface area contributed by atoms with Gasteiger partial charge in [0.05, 0.1) is 5.92 Å². The van der Waals surface area contributed by atoms with Gasteiger partial charge in [-0.2, -0.15) is 0 Å². The zero-order valence-corrected chi connectivity index (χ0v) is 20.9. The average molecular weight is 403 g/mol. The SMILES string of the molecule is CC(C)CC(C(=O)OC(C)(C)C)C(C)C(C)CC(C)c1ccc(C(C)(C)C)cc1. The molecule has 4 unspecified atom stereocenters. The van der Waals surface area contributed by atoms with Gasteiger partial charge in [0.15, 0.2) is 0 Å². The van der Waals surface area contributed by atoms with Crippen LogP contribution < -0.4 is 0 Å². The molecule has 0 saturated heterocycles. The van der Waals surface area contributed by atoms with E-state index in [1.807, 2.05) is 20.8 Å². The van der Waals surface area contributed by atoms with Gasteiger partial charge >= 0.3 is 5.97 Å². The highest BCUT2D eigenvalue weighted by atomic mass is 16.6. The van der Waals surface area contributed by atoms with E-state index < -0.39 is 5.60 Å². The monoisotopic (exact) mass is 402 g/mol. The van der Waals surface area contributed by atoms with Crippen molar-refractivity contribution in [2.24, 2.45) is 23.7 Å². The third-order valence-electron chi connectivity index (χ3n) is 6.04. The van der Waals surface area contributed by atoms with E-state index in [1.165, 1.54) is 11.1 Å². The van der Waals surface area contributed by atoms with Gasteiger partial charge in [0, 0.05) is 0 Å². The standard InChI is InChI=1S/C27H46O2/c1-18(2)16-24(25(28)29-27(9,10)11)21(5)19(3)17-20(4)22-12-14-23(15-13-22)26(6,7)8/h12-15,18-21,24H,16-17H2,1-11H3. The molecule has 0 aliphatic rings. The molecular formula is C27H46O2. The van der Waals surface area contributed by atoms with Crippen LogP contribution in [0.3, 0.4) is 0 Å². The normalized spacial score (nSPS) is 17.0. The lowest BCUT2D eigenvalue weighted by molar-refractivity contribution is -0.163. The zero-order valence-electron chi connectivity index (χ0n) is 20.9. The fourth-order valence-electron chi connectivity index (χ4n) is 4.03. The molecule has 2 heteroatoms. The number of hydrogen-bond acceptors (Lipinski definition) is 2. The Morgan fingerprint density at radius 2 is 1.38 bits per heavy atom. The molecule has 0 heterocycles. The van der Waals surface area contributed by atoms with Crippen molar-refractivity contribution in [2.75, 3.05) is 0 Å². The van der Waals surface area contributed by atoms with Gasteiger partial charge in [0.1, 0.15) is 5.60 Å². The minimum Gasteiger partial charge on any atom is -0.460 e. The summed E-state index contributed by atoms with van der Waals surface area (Å²) in [6.07, 6.45) is 1.96. The van der Waals surface area contributed by atoms with Crippen molar-refractivity contribution in [3.63, 3.8) is 0 Å². The van der Waals surface area contributed by atoms with E-state index in [0.717, 1.165) is 12.8 Å². The van der Waals surface area contributed by atoms with Crippen molar-refractivity contribution < 1.29 is 9.53 Å². The Morgan fingerprint density at radius 3 is 1.79 bits per heavy atom. The highest BCUT2D eigenvalue weighted by Gasteiger charge is 2.33. The minimum atomic E-state index is -0.433. The van der Waals surface area contributed by atoms with Crippen LogP contribution in [0.5, 0.6) is 0 Å². The predicted octanol–water partition coefficient (Wildman–Crippen LogP) is 7.75. The third-order valence-corrected chi connectivity index (χ3v) is 6.04. The molecule has 0 bridgehead atoms. The van der Waals surface area contributed by atoms with Crippen LogP contribution in [-0.4, -0.2) is 11.6 Å². The Labute approximate surface area is 180 Å². The molecule has 0 aliphatic heterocycles. The maximum absolute atomic E-state index is 12.9. The van der Waals surface area contributed by atoms with Crippen molar-refractivity contribution in [3.8, 4) is 0 Å². The van der Waals surface area contributed by atoms with E-state index in [9.17, 15) is 4.79 Å². The molecule has 0 N–H and O–H groups in total. The summed E-state index contributed by atoms with van der Waals surface area (Å²) in [4.78, 5) is 12.9. The average Bonchev–Trinajstić information content (AvgIpc) is 2.56. The van der Waals surface area contributed by atoms with Gasteiger partial charge in [0.25, 0.3) is 0 Å². The third kappa shape index (κ3) is 8.52. The van der Waals surface area contributed by atoms with Gasteiger partial charge < -0.3 is 4.74 Å². The van der Waals surface area contributed by atoms with Crippen LogP contribution in [-0.2, 0) is 14.9 Å². The van der Waals surface area contributed by atoms with E-state index in [-0.39, 0.29) is 17.3 Å². The Hall–Kier alpha value is -1.31. The maximum atomic E-state index is 12.9. The lowest BCUT2D eigenvalue weighted by Crippen LogP contribution is -2.34. The molecule has 0 spiro atoms. The molecule has 29 heavy (non-hydrogen) atoms. The number of benzene rings is 1. The fourth-order valence-corrected chi connectivity index (χ4v) is 4.03. The summed E-state index contributed by atoms with van der Waals surface area (Å²) in [7, 11) is 0. The first kappa shape index (κ1) is 25.7. The summed E-state index contributed by atoms with van der Waals surface area (Å²) in [5, 5.41) is 0. The van der Waals surface area contributed by atoms with Crippen LogP contribution in [0.2, 0.25) is 0 Å². The molecular weight excluding hydrogens is 356 g/mol. The van der Waals surface area contributed by atoms with Crippen molar-refractivity contribution >= 4 is 5.97 Å². The number of hydrogen-bond donors (Lipinski definition) is 0. The number of carbonyl (C=O) groups is 1. The zero-order chi connectivity index (χ0) is 22.6. The second kappa shape index (κ2) is 10.1. The summed E-state index contributed by atoms with van der Waals surface area (Å²) in [6, 6.07) is 9.09. The van der Waals surface area contributed by atoms with Crippen molar-refractivity contribution in [3.05, 3.63) is 35.4 Å². The summed E-state index contributed by atoms with van der Waals surface area (Å²) >= 11 is 0. The van der Waals surface area contributed by atoms with Crippen molar-refractivity contribution in [2.45, 2.75) is 106 Å². The Kier molecular flexibility index (Phi) is 8.99. The molecule has 1 rings (SSSR count). The van der Waals surface area contributed by atoms with E-state index in [4.69, 9.17) is 4.74 Å². The maximum Gasteiger partial charge on any atom is 0.309 e. The molecule has 1 aromatic rings. The van der Waals surface area contributed by atoms with Gasteiger partial charge in [-0.1, -0.05) is 79.7 Å². The van der Waals surface area contributed by atoms with Crippen LogP contribution in [0.4, 0.5) is 0 Å². The second-order valence-electron chi connectivity index (χ2n) is 11.6. The first-order chi connectivity index (χ1) is 13.1. The van der Waals surface area contributed by atoms with E-state index in [1.54, 1.807) is 0 Å². The van der Waals surface area contributed by atoms with Crippen molar-refractivity contribution in [1.29, 1.82) is 0 Å². The van der Waals surface area contributed by atoms with Crippen LogP contribution in [0, 0.1) is 23.7 Å². The first-order valence-corrected chi connectivity index (χ1v) is 11.4. The molecule has 4 atom stereocenters. The summed E-state index contributed by atoms with van der Waals surface area (Å²) in [5.41, 5.74) is 2.50. The van der Waals surface area contributed by atoms with Gasteiger partial charge in [-0.15, -0.1) is 0 Å². The molecule has 0 amide bonds. The minimum absolute atomic E-state index is 0.0345. The lowest BCUT2D eigenvalue weighted by Gasteiger charge is -2.32. The highest BCUT2D eigenvalue weighted by Crippen LogP contribution is 2.35. The molecule has 1 aromatic carbocycles. The van der Waals surface area contributed by atoms with Crippen LogP contribution in [0.15, 0.2) is 24.3 Å². The topological polar surface area (TPSA) is 26.3 Å². The molecule has 2 nitrogen and oxygen atoms in total. The molecule has 0 radical (unpaired) electrons. The Bertz CT molecular complexity index is 628. The smallest absolute Gasteiger partial charge is 0.309 e. The van der Waals surface area contributed by atoms with E-state index in [0.29, 0.717) is 23.7 Å². The van der Waals surface area contributed by atoms with Gasteiger partial charge in [-0.3, -0.25) is 4.79 Å². The fraction of sp³-hybridized carbons (Fsp3) is 0.741. The molecule has 0 aliphatic carbocycles. The van der Waals surface area contributed by atoms with Gasteiger partial charge in [0.2, 0.25) is 0 Å². The molecule has 0 fully saturated rings. The van der Waals surface area contributed by atoms with Crippen molar-refractivity contribution in [1.82, 2.24) is 0 Å². The van der Waals surface area contributed by atoms with E-state index in [2.05, 4.69) is 79.7 Å². The molecule has 166 valence electrons. The van der Waals surface area contributed by atoms with Gasteiger partial charge in [-0.05, 0) is 73.8 Å². The van der Waals surface area contributed by atoms with E-state index >= 15 is 0 Å². The Balaban J connectivity index is 2.87. The number of rotatable bonds is 8. The lowest BCUT2D eigenvalue weighted by atomic mass is 9.75. The van der Waals surface area contributed by atoms with Crippen LogP contribution >= 0.6 is 0 Å². The summed E-state index contributed by atoms with van der Waals surface area (Å²) < 4.78 is 5.77. The predicted molar refractivity (Wildman–Crippen MR) is 125 cm³/mol. The van der Waals surface area contributed by atoms with Crippen LogP contribution in [0.25, 0.3) is 0 Å². The number of ether oxygens (including phenoxy) is 1. The highest BCUT2D eigenvalue weighted by molar-refractivity contribution is 5.73. The molecule has 0 aromatic heterocycles. The molecule has 0 saturated carbocycles. The number of esters is 1.